The number of pyridine rings is 1. The number of carbonyl (C=O) groups is 1. The van der Waals surface area contributed by atoms with Crippen LogP contribution in [0.25, 0.3) is 10.2 Å². The van der Waals surface area contributed by atoms with Crippen LogP contribution in [0.4, 0.5) is 5.13 Å². The summed E-state index contributed by atoms with van der Waals surface area (Å²) in [7, 11) is -3.70. The van der Waals surface area contributed by atoms with E-state index in [1.807, 2.05) is 52.0 Å². The zero-order valence-electron chi connectivity index (χ0n) is 21.8. The number of anilines is 1. The molecule has 0 atom stereocenters. The first-order chi connectivity index (χ1) is 18.1. The lowest BCUT2D eigenvalue weighted by molar-refractivity contribution is 0.0985. The van der Waals surface area contributed by atoms with E-state index in [2.05, 4.69) is 9.97 Å². The van der Waals surface area contributed by atoms with E-state index < -0.39 is 10.0 Å². The molecule has 7 nitrogen and oxygen atoms in total. The molecule has 2 aromatic carbocycles. The number of aromatic nitrogens is 2. The molecule has 0 saturated carbocycles. The quantitative estimate of drug-likeness (QED) is 0.217. The molecule has 10 heteroatoms. The van der Waals surface area contributed by atoms with Gasteiger partial charge in [-0.3, -0.25) is 14.7 Å². The van der Waals surface area contributed by atoms with Crippen molar-refractivity contribution in [3.63, 3.8) is 0 Å². The molecule has 0 aliphatic rings. The maximum Gasteiger partial charge on any atom is 0.260 e. The van der Waals surface area contributed by atoms with Gasteiger partial charge in [-0.25, -0.2) is 13.4 Å². The van der Waals surface area contributed by atoms with E-state index in [0.29, 0.717) is 34.3 Å². The molecular weight excluding hydrogens is 540 g/mol. The van der Waals surface area contributed by atoms with Crippen LogP contribution >= 0.6 is 22.9 Å². The highest BCUT2D eigenvalue weighted by atomic mass is 35.5. The first-order valence-corrected chi connectivity index (χ1v) is 15.1. The molecule has 1 amide bonds. The van der Waals surface area contributed by atoms with Gasteiger partial charge in [0.05, 0.1) is 21.2 Å². The largest absolute Gasteiger partial charge is 0.279 e. The predicted octanol–water partition coefficient (Wildman–Crippen LogP) is 6.49. The molecule has 0 aliphatic carbocycles. The number of carbonyl (C=O) groups excluding carboxylic acids is 1. The van der Waals surface area contributed by atoms with Crippen molar-refractivity contribution in [2.24, 2.45) is 11.8 Å². The highest BCUT2D eigenvalue weighted by Crippen LogP contribution is 2.34. The van der Waals surface area contributed by atoms with E-state index in [4.69, 9.17) is 11.6 Å². The molecule has 0 spiro atoms. The monoisotopic (exact) mass is 570 g/mol. The summed E-state index contributed by atoms with van der Waals surface area (Å²) in [4.78, 5) is 24.3. The predicted molar refractivity (Wildman–Crippen MR) is 154 cm³/mol. The Balaban J connectivity index is 1.67. The van der Waals surface area contributed by atoms with Gasteiger partial charge in [-0.2, -0.15) is 4.31 Å². The second-order valence-electron chi connectivity index (χ2n) is 9.97. The summed E-state index contributed by atoms with van der Waals surface area (Å²) >= 11 is 7.72. The van der Waals surface area contributed by atoms with Crippen molar-refractivity contribution < 1.29 is 13.2 Å². The molecule has 0 unspecified atom stereocenters. The molecule has 0 bridgehead atoms. The molecule has 2 heterocycles. The van der Waals surface area contributed by atoms with E-state index in [1.165, 1.54) is 27.8 Å². The fourth-order valence-electron chi connectivity index (χ4n) is 4.08. The Morgan fingerprint density at radius 2 is 1.66 bits per heavy atom. The van der Waals surface area contributed by atoms with Crippen molar-refractivity contribution in [2.75, 3.05) is 18.0 Å². The van der Waals surface area contributed by atoms with Gasteiger partial charge in [-0.1, -0.05) is 62.8 Å². The fourth-order valence-corrected chi connectivity index (χ4v) is 7.11. The van der Waals surface area contributed by atoms with Crippen LogP contribution in [0.3, 0.4) is 0 Å². The third-order valence-corrected chi connectivity index (χ3v) is 8.97. The van der Waals surface area contributed by atoms with Gasteiger partial charge in [0.2, 0.25) is 10.0 Å². The summed E-state index contributed by atoms with van der Waals surface area (Å²) in [5.41, 5.74) is 1.83. The second kappa shape index (κ2) is 11.9. The Kier molecular flexibility index (Phi) is 8.82. The molecule has 2 aromatic heterocycles. The SMILES string of the molecule is CC(C)CN(CC(C)C)S(=O)(=O)c1ccc(C(=O)N(Cc2cccnc2)c2nc3c(Cl)cccc3s2)cc1. The van der Waals surface area contributed by atoms with Crippen LogP contribution in [-0.2, 0) is 16.6 Å². The maximum absolute atomic E-state index is 13.8. The zero-order valence-corrected chi connectivity index (χ0v) is 24.2. The van der Waals surface area contributed by atoms with Crippen molar-refractivity contribution in [3.05, 3.63) is 83.1 Å². The average Bonchev–Trinajstić information content (AvgIpc) is 3.32. The van der Waals surface area contributed by atoms with Gasteiger partial charge >= 0.3 is 0 Å². The van der Waals surface area contributed by atoms with Crippen LogP contribution in [0.1, 0.15) is 43.6 Å². The molecule has 0 aliphatic heterocycles. The number of hydrogen-bond acceptors (Lipinski definition) is 6. The van der Waals surface area contributed by atoms with Gasteiger partial charge in [0.15, 0.2) is 5.13 Å². The van der Waals surface area contributed by atoms with Crippen LogP contribution in [0.2, 0.25) is 5.02 Å². The minimum absolute atomic E-state index is 0.168. The summed E-state index contributed by atoms with van der Waals surface area (Å²) in [6, 6.07) is 15.4. The molecule has 0 N–H and O–H groups in total. The van der Waals surface area contributed by atoms with Crippen LogP contribution in [-0.4, -0.2) is 41.7 Å². The first kappa shape index (κ1) is 28.2. The van der Waals surface area contributed by atoms with Crippen molar-refractivity contribution in [1.29, 1.82) is 0 Å². The summed E-state index contributed by atoms with van der Waals surface area (Å²) in [6.07, 6.45) is 3.38. The van der Waals surface area contributed by atoms with E-state index in [-0.39, 0.29) is 29.2 Å². The van der Waals surface area contributed by atoms with E-state index in [9.17, 15) is 13.2 Å². The van der Waals surface area contributed by atoms with Crippen molar-refractivity contribution in [2.45, 2.75) is 39.1 Å². The van der Waals surface area contributed by atoms with Gasteiger partial charge in [-0.05, 0) is 59.9 Å². The second-order valence-corrected chi connectivity index (χ2v) is 13.3. The summed E-state index contributed by atoms with van der Waals surface area (Å²) in [5.74, 6) is 0.0784. The molecule has 0 fully saturated rings. The lowest BCUT2D eigenvalue weighted by atomic mass is 10.2. The van der Waals surface area contributed by atoms with E-state index in [0.717, 1.165) is 10.3 Å². The number of thiazole rings is 1. The minimum Gasteiger partial charge on any atom is -0.279 e. The summed E-state index contributed by atoms with van der Waals surface area (Å²) in [6.45, 7) is 9.10. The smallest absolute Gasteiger partial charge is 0.260 e. The number of amides is 1. The molecule has 4 rings (SSSR count). The summed E-state index contributed by atoms with van der Waals surface area (Å²) < 4.78 is 29.2. The zero-order chi connectivity index (χ0) is 27.4. The number of sulfonamides is 1. The molecule has 0 saturated heterocycles. The Bertz CT molecular complexity index is 1490. The molecule has 200 valence electrons. The highest BCUT2D eigenvalue weighted by molar-refractivity contribution is 7.89. The van der Waals surface area contributed by atoms with Gasteiger partial charge < -0.3 is 0 Å². The Morgan fingerprint density at radius 1 is 0.974 bits per heavy atom. The Hall–Kier alpha value is -2.85. The van der Waals surface area contributed by atoms with Crippen LogP contribution in [0.15, 0.2) is 71.9 Å². The van der Waals surface area contributed by atoms with E-state index in [1.54, 1.807) is 35.5 Å². The maximum atomic E-state index is 13.8. The number of nitrogens with zero attached hydrogens (tertiary/aromatic N) is 4. The molecule has 38 heavy (non-hydrogen) atoms. The topological polar surface area (TPSA) is 83.5 Å². The average molecular weight is 571 g/mol. The van der Waals surface area contributed by atoms with Crippen LogP contribution < -0.4 is 4.90 Å². The molecule has 0 radical (unpaired) electrons. The van der Waals surface area contributed by atoms with Crippen LogP contribution in [0, 0.1) is 11.8 Å². The molecule has 4 aromatic rings. The summed E-state index contributed by atoms with van der Waals surface area (Å²) in [5, 5.41) is 1.01. The number of rotatable bonds is 10. The lowest BCUT2D eigenvalue weighted by Crippen LogP contribution is -2.37. The van der Waals surface area contributed by atoms with Gasteiger partial charge in [0.1, 0.15) is 5.52 Å². The lowest BCUT2D eigenvalue weighted by Gasteiger charge is -2.26. The highest BCUT2D eigenvalue weighted by Gasteiger charge is 2.27. The van der Waals surface area contributed by atoms with Crippen molar-refractivity contribution in [3.8, 4) is 0 Å². The Morgan fingerprint density at radius 3 is 2.24 bits per heavy atom. The number of fused-ring (bicyclic) bond motifs is 1. The fraction of sp³-hybridized carbons (Fsp3) is 0.321. The normalized spacial score (nSPS) is 12.1. The Labute approximate surface area is 233 Å². The number of para-hydroxylation sites is 1. The number of benzene rings is 2. The van der Waals surface area contributed by atoms with E-state index >= 15 is 0 Å². The van der Waals surface area contributed by atoms with Crippen LogP contribution in [0.5, 0.6) is 0 Å². The first-order valence-electron chi connectivity index (χ1n) is 12.4. The minimum atomic E-state index is -3.70. The standard InChI is InChI=1S/C28H31ClN4O3S2/c1-19(2)16-32(17-20(3)4)38(35,36)23-12-10-22(11-13-23)27(34)33(18-21-7-6-14-30-15-21)28-31-26-24(29)8-5-9-25(26)37-28/h5-15,19-20H,16-18H2,1-4H3. The number of hydrogen-bond donors (Lipinski definition) is 0. The van der Waals surface area contributed by atoms with Crippen molar-refractivity contribution in [1.82, 2.24) is 14.3 Å². The number of halogens is 1. The third kappa shape index (κ3) is 6.40. The third-order valence-electron chi connectivity index (χ3n) is 5.77. The van der Waals surface area contributed by atoms with Gasteiger partial charge in [0.25, 0.3) is 5.91 Å². The molecular formula is C28H31ClN4O3S2. The van der Waals surface area contributed by atoms with Gasteiger partial charge in [-0.15, -0.1) is 0 Å². The van der Waals surface area contributed by atoms with Crippen molar-refractivity contribution >= 4 is 54.2 Å². The van der Waals surface area contributed by atoms with Gasteiger partial charge in [0, 0.05) is 31.0 Å².